The second kappa shape index (κ2) is 17.5. The smallest absolute Gasteiger partial charge is 0.217 e. The molecular weight excluding hydrogens is 674 g/mol. The minimum absolute atomic E-state index is 0.680. The molecule has 22 nitrogen and oxygen atoms in total. The van der Waals surface area contributed by atoms with Crippen molar-refractivity contribution in [3.05, 3.63) is 0 Å². The number of hydrogen-bond acceptors (Lipinski definition) is 21. The fourth-order valence-electron chi connectivity index (χ4n) is 6.00. The van der Waals surface area contributed by atoms with Crippen LogP contribution >= 0.6 is 0 Å². The molecule has 0 aromatic carbocycles. The van der Waals surface area contributed by atoms with Crippen LogP contribution in [0, 0.1) is 0 Å². The number of methoxy groups -OCH3 is 1. The second-order valence-corrected chi connectivity index (χ2v) is 12.1. The van der Waals surface area contributed by atoms with Gasteiger partial charge in [0.05, 0.1) is 26.4 Å². The third-order valence-electron chi connectivity index (χ3n) is 8.78. The molecule has 0 bridgehead atoms. The molecule has 4 aliphatic heterocycles. The highest BCUT2D eigenvalue weighted by molar-refractivity contribution is 5.73. The van der Waals surface area contributed by atoms with E-state index in [9.17, 15) is 66.1 Å². The van der Waals surface area contributed by atoms with Crippen molar-refractivity contribution < 1.29 is 104 Å². The molecule has 286 valence electrons. The molecule has 22 heteroatoms. The Hall–Kier alpha value is -1.33. The van der Waals surface area contributed by atoms with Gasteiger partial charge in [-0.25, -0.2) is 0 Å². The summed E-state index contributed by atoms with van der Waals surface area (Å²) in [5.74, 6) is -0.680. The highest BCUT2D eigenvalue weighted by atomic mass is 16.8. The molecule has 0 aromatic heterocycles. The molecule has 49 heavy (non-hydrogen) atoms. The Balaban J connectivity index is 1.52. The van der Waals surface area contributed by atoms with Crippen LogP contribution in [0.25, 0.3) is 0 Å². The quantitative estimate of drug-likeness (QED) is 0.0839. The van der Waals surface area contributed by atoms with Gasteiger partial charge in [-0.15, -0.1) is 0 Å². The van der Waals surface area contributed by atoms with E-state index in [0.29, 0.717) is 0 Å². The van der Waals surface area contributed by atoms with Gasteiger partial charge < -0.3 is 104 Å². The zero-order valence-electron chi connectivity index (χ0n) is 26.4. The number of aliphatic hydroxyl groups is 12. The van der Waals surface area contributed by atoms with Crippen LogP contribution in [0.4, 0.5) is 0 Å². The molecule has 4 aliphatic rings. The second-order valence-electron chi connectivity index (χ2n) is 12.1. The zero-order valence-corrected chi connectivity index (χ0v) is 26.4. The van der Waals surface area contributed by atoms with Gasteiger partial charge in [0.1, 0.15) is 97.6 Å². The zero-order chi connectivity index (χ0) is 36.3. The molecule has 20 atom stereocenters. The van der Waals surface area contributed by atoms with Crippen molar-refractivity contribution in [2.24, 2.45) is 0 Å². The summed E-state index contributed by atoms with van der Waals surface area (Å²) in [6.07, 6.45) is -31.5. The Morgan fingerprint density at radius 1 is 0.653 bits per heavy atom. The lowest BCUT2D eigenvalue weighted by Crippen LogP contribution is -2.68. The summed E-state index contributed by atoms with van der Waals surface area (Å²) >= 11 is 0. The summed E-state index contributed by atoms with van der Waals surface area (Å²) in [6.45, 7) is -1.96. The first-order valence-electron chi connectivity index (χ1n) is 15.5. The fourth-order valence-corrected chi connectivity index (χ4v) is 6.00. The summed E-state index contributed by atoms with van der Waals surface area (Å²) in [5, 5.41) is 126. The van der Waals surface area contributed by atoms with Gasteiger partial charge in [0.25, 0.3) is 0 Å². The lowest BCUT2D eigenvalue weighted by molar-refractivity contribution is -0.363. The molecule has 0 aromatic rings. The number of carbonyl (C=O) groups excluding carboxylic acids is 1. The highest BCUT2D eigenvalue weighted by Gasteiger charge is 2.54. The van der Waals surface area contributed by atoms with Gasteiger partial charge in [-0.3, -0.25) is 4.79 Å². The average Bonchev–Trinajstić information content (AvgIpc) is 3.36. The van der Waals surface area contributed by atoms with Crippen molar-refractivity contribution in [1.82, 2.24) is 5.32 Å². The molecular formula is C27H47NO21. The molecule has 4 saturated heterocycles. The number of carbonyl (C=O) groups is 1. The van der Waals surface area contributed by atoms with Crippen molar-refractivity contribution in [3.8, 4) is 0 Å². The first kappa shape index (κ1) is 40.4. The minimum Gasteiger partial charge on any atom is -0.394 e. The summed E-state index contributed by atoms with van der Waals surface area (Å²) in [6, 6.07) is -1.48. The average molecular weight is 722 g/mol. The van der Waals surface area contributed by atoms with Gasteiger partial charge in [0, 0.05) is 14.0 Å². The Kier molecular flexibility index (Phi) is 14.4. The van der Waals surface area contributed by atoms with Crippen LogP contribution in [-0.2, 0) is 42.7 Å². The van der Waals surface area contributed by atoms with Gasteiger partial charge in [-0.1, -0.05) is 0 Å². The van der Waals surface area contributed by atoms with Crippen molar-refractivity contribution in [3.63, 3.8) is 0 Å². The van der Waals surface area contributed by atoms with E-state index in [2.05, 4.69) is 5.32 Å². The van der Waals surface area contributed by atoms with Crippen LogP contribution in [0.2, 0.25) is 0 Å². The maximum absolute atomic E-state index is 12.0. The van der Waals surface area contributed by atoms with Gasteiger partial charge >= 0.3 is 0 Å². The van der Waals surface area contributed by atoms with Crippen LogP contribution in [0.3, 0.4) is 0 Å². The molecule has 0 spiro atoms. The molecule has 4 fully saturated rings. The number of hydrogen-bond donors (Lipinski definition) is 13. The number of rotatable bonds is 13. The largest absolute Gasteiger partial charge is 0.394 e. The van der Waals surface area contributed by atoms with E-state index in [1.165, 1.54) is 7.11 Å². The maximum Gasteiger partial charge on any atom is 0.217 e. The van der Waals surface area contributed by atoms with E-state index < -0.39 is 155 Å². The molecule has 12 unspecified atom stereocenters. The number of amides is 1. The Morgan fingerprint density at radius 3 is 1.69 bits per heavy atom. The summed E-state index contributed by atoms with van der Waals surface area (Å²) in [7, 11) is 1.18. The van der Waals surface area contributed by atoms with E-state index in [1.54, 1.807) is 0 Å². The van der Waals surface area contributed by atoms with Gasteiger partial charge in [0.15, 0.2) is 25.2 Å². The molecule has 1 amide bonds. The third kappa shape index (κ3) is 8.66. The Morgan fingerprint density at radius 2 is 1.16 bits per heavy atom. The van der Waals surface area contributed by atoms with Crippen LogP contribution in [0.15, 0.2) is 0 Å². The third-order valence-corrected chi connectivity index (χ3v) is 8.78. The normalized spacial score (nSPS) is 48.3. The van der Waals surface area contributed by atoms with Crippen molar-refractivity contribution >= 4 is 5.91 Å². The molecule has 4 heterocycles. The van der Waals surface area contributed by atoms with Crippen LogP contribution in [0.5, 0.6) is 0 Å². The summed E-state index contributed by atoms with van der Waals surface area (Å²) in [4.78, 5) is 12.0. The molecule has 0 saturated carbocycles. The number of ether oxygens (including phenoxy) is 8. The standard InChI is InChI=1S/C27H47NO21/c1-7(32)28-12-16(37)15(36)11(46-24(12)48-22-17(38)13(34)9(4-30)44-26(22)42-2)6-43-27-23(18(39)14(35)10(5-31)45-27)49-25-20(41)19(40)21(47-25)8(33)3-29/h8-27,29-31,33-41H,3-6H2,1-2H3,(H,28,32)/t8?,9?,10?,11?,12?,13-,14+,15-,16?,17?,18?,19?,20?,21+,22?,23?,24+,25-,26+,27+/m1/s1. The van der Waals surface area contributed by atoms with Crippen LogP contribution in [-0.4, -0.2) is 223 Å². The molecule has 4 rings (SSSR count). The number of aliphatic hydroxyl groups excluding tert-OH is 12. The molecule has 0 radical (unpaired) electrons. The van der Waals surface area contributed by atoms with Crippen molar-refractivity contribution in [1.29, 1.82) is 0 Å². The lowest BCUT2D eigenvalue weighted by atomic mass is 9.95. The predicted molar refractivity (Wildman–Crippen MR) is 150 cm³/mol. The van der Waals surface area contributed by atoms with E-state index in [1.807, 2.05) is 0 Å². The highest BCUT2D eigenvalue weighted by Crippen LogP contribution is 2.33. The Labute approximate surface area is 278 Å². The fraction of sp³-hybridized carbons (Fsp3) is 0.963. The Bertz CT molecular complexity index is 1040. The minimum atomic E-state index is -1.89. The van der Waals surface area contributed by atoms with Crippen molar-refractivity contribution in [2.75, 3.05) is 33.5 Å². The van der Waals surface area contributed by atoms with E-state index in [-0.39, 0.29) is 0 Å². The van der Waals surface area contributed by atoms with Crippen molar-refractivity contribution in [2.45, 2.75) is 130 Å². The maximum atomic E-state index is 12.0. The molecule has 13 N–H and O–H groups in total. The SMILES string of the molecule is CO[C@H]1OC(CO)[C@@H](O)C(O)C1O[C@@H]1OC(CO[C@H]2OC(CO)[C@H](O)C(O)C2O[C@H]2O[C@@H](C(O)CO)C(O)C2O)[C@@H](O)C(O)C1NC(C)=O. The predicted octanol–water partition coefficient (Wildman–Crippen LogP) is -8.95. The number of nitrogens with one attached hydrogen (secondary N) is 1. The van der Waals surface area contributed by atoms with Crippen LogP contribution < -0.4 is 5.32 Å². The van der Waals surface area contributed by atoms with E-state index in [0.717, 1.165) is 6.92 Å². The monoisotopic (exact) mass is 721 g/mol. The lowest BCUT2D eigenvalue weighted by Gasteiger charge is -2.47. The van der Waals surface area contributed by atoms with Gasteiger partial charge in [-0.05, 0) is 0 Å². The summed E-state index contributed by atoms with van der Waals surface area (Å²) < 4.78 is 44.5. The topological polar surface area (TPSA) is 346 Å². The first-order valence-corrected chi connectivity index (χ1v) is 15.5. The van der Waals surface area contributed by atoms with Gasteiger partial charge in [-0.2, -0.15) is 0 Å². The van der Waals surface area contributed by atoms with Crippen LogP contribution in [0.1, 0.15) is 6.92 Å². The summed E-state index contributed by atoms with van der Waals surface area (Å²) in [5.41, 5.74) is 0. The van der Waals surface area contributed by atoms with Gasteiger partial charge in [0.2, 0.25) is 5.91 Å². The first-order chi connectivity index (χ1) is 23.2. The van der Waals surface area contributed by atoms with E-state index >= 15 is 0 Å². The molecule has 0 aliphatic carbocycles. The van der Waals surface area contributed by atoms with E-state index in [4.69, 9.17) is 37.9 Å².